The Balaban J connectivity index is 1.50. The summed E-state index contributed by atoms with van der Waals surface area (Å²) >= 11 is 0. The van der Waals surface area contributed by atoms with Gasteiger partial charge in [0.25, 0.3) is 0 Å². The first kappa shape index (κ1) is 15.0. The Morgan fingerprint density at radius 3 is 2.88 bits per heavy atom. The molecule has 0 aliphatic carbocycles. The highest BCUT2D eigenvalue weighted by Crippen LogP contribution is 2.21. The van der Waals surface area contributed by atoms with Crippen molar-refractivity contribution in [2.75, 3.05) is 6.54 Å². The quantitative estimate of drug-likeness (QED) is 0.717. The molecule has 24 heavy (non-hydrogen) atoms. The van der Waals surface area contributed by atoms with Crippen molar-refractivity contribution in [3.05, 3.63) is 54.1 Å². The summed E-state index contributed by atoms with van der Waals surface area (Å²) in [6, 6.07) is 10.5. The fourth-order valence-electron chi connectivity index (χ4n) is 3.35. The second kappa shape index (κ2) is 6.52. The zero-order valence-corrected chi connectivity index (χ0v) is 13.8. The molecule has 7 nitrogen and oxygen atoms in total. The molecular formula is C17H21N7. The lowest BCUT2D eigenvalue weighted by Crippen LogP contribution is -2.33. The van der Waals surface area contributed by atoms with E-state index in [-0.39, 0.29) is 0 Å². The molecule has 0 bridgehead atoms. The number of aromatic nitrogens is 6. The number of likely N-dealkylation sites (tertiary alicyclic amines) is 1. The van der Waals surface area contributed by atoms with Gasteiger partial charge in [0.1, 0.15) is 0 Å². The monoisotopic (exact) mass is 323 g/mol. The highest BCUT2D eigenvalue weighted by atomic mass is 15.5. The van der Waals surface area contributed by atoms with E-state index in [1.165, 1.54) is 18.4 Å². The Bertz CT molecular complexity index is 792. The second-order valence-electron chi connectivity index (χ2n) is 6.35. The van der Waals surface area contributed by atoms with Gasteiger partial charge in [-0.3, -0.25) is 9.58 Å². The smallest absolute Gasteiger partial charge is 0.170 e. The zero-order valence-electron chi connectivity index (χ0n) is 13.8. The van der Waals surface area contributed by atoms with Crippen molar-refractivity contribution in [2.45, 2.75) is 38.9 Å². The number of nitrogens with zero attached hydrogens (tertiary/aromatic N) is 7. The summed E-state index contributed by atoms with van der Waals surface area (Å²) < 4.78 is 3.87. The first-order valence-electron chi connectivity index (χ1n) is 8.35. The molecule has 1 aliphatic heterocycles. The van der Waals surface area contributed by atoms with Crippen LogP contribution in [0.2, 0.25) is 0 Å². The lowest BCUT2D eigenvalue weighted by molar-refractivity contribution is 0.212. The van der Waals surface area contributed by atoms with Crippen molar-refractivity contribution in [1.82, 2.24) is 34.9 Å². The second-order valence-corrected chi connectivity index (χ2v) is 6.35. The minimum Gasteiger partial charge on any atom is -0.291 e. The minimum atomic E-state index is 0.477. The molecule has 3 aromatic rings. The Hall–Kier alpha value is -2.54. The minimum absolute atomic E-state index is 0.477. The molecule has 0 saturated carbocycles. The third-order valence-corrected chi connectivity index (χ3v) is 4.54. The van der Waals surface area contributed by atoms with Crippen LogP contribution in [0, 0.1) is 6.92 Å². The van der Waals surface area contributed by atoms with Crippen molar-refractivity contribution in [3.8, 4) is 5.69 Å². The van der Waals surface area contributed by atoms with Crippen LogP contribution in [-0.4, -0.2) is 47.5 Å². The summed E-state index contributed by atoms with van der Waals surface area (Å²) in [5, 5.41) is 16.7. The van der Waals surface area contributed by atoms with Gasteiger partial charge in [-0.1, -0.05) is 18.2 Å². The summed E-state index contributed by atoms with van der Waals surface area (Å²) in [5.41, 5.74) is 2.20. The van der Waals surface area contributed by atoms with E-state index in [0.717, 1.165) is 31.1 Å². The molecule has 7 heteroatoms. The lowest BCUT2D eigenvalue weighted by atomic mass is 10.2. The van der Waals surface area contributed by atoms with Crippen LogP contribution in [-0.2, 0) is 13.1 Å². The molecule has 3 heterocycles. The maximum atomic E-state index is 4.42. The van der Waals surface area contributed by atoms with Gasteiger partial charge < -0.3 is 0 Å². The standard InChI is InChI=1S/C17H21N7/c1-14-10-18-23(11-14)12-16-8-5-9-22(16)13-17-19-20-21-24(17)15-6-3-2-4-7-15/h2-4,6-7,10-11,16H,5,8-9,12-13H2,1H3/t16-/m0/s1. The third kappa shape index (κ3) is 3.07. The lowest BCUT2D eigenvalue weighted by Gasteiger charge is -2.23. The van der Waals surface area contributed by atoms with Crippen LogP contribution in [0.4, 0.5) is 0 Å². The summed E-state index contributed by atoms with van der Waals surface area (Å²) in [6.45, 7) is 4.82. The van der Waals surface area contributed by atoms with Crippen molar-refractivity contribution in [1.29, 1.82) is 0 Å². The summed E-state index contributed by atoms with van der Waals surface area (Å²) in [4.78, 5) is 2.46. The predicted molar refractivity (Wildman–Crippen MR) is 89.6 cm³/mol. The fourth-order valence-corrected chi connectivity index (χ4v) is 3.35. The molecule has 124 valence electrons. The molecule has 0 spiro atoms. The Kier molecular flexibility index (Phi) is 4.08. The molecule has 4 rings (SSSR count). The number of benzene rings is 1. The predicted octanol–water partition coefficient (Wildman–Crippen LogP) is 1.83. The molecule has 0 radical (unpaired) electrons. The third-order valence-electron chi connectivity index (χ3n) is 4.54. The van der Waals surface area contributed by atoms with Gasteiger partial charge in [0, 0.05) is 12.2 Å². The molecule has 0 amide bonds. The molecule has 1 saturated heterocycles. The summed E-state index contributed by atoms with van der Waals surface area (Å²) in [6.07, 6.45) is 6.41. The largest absolute Gasteiger partial charge is 0.291 e. The number of hydrogen-bond donors (Lipinski definition) is 0. The zero-order chi connectivity index (χ0) is 16.4. The fraction of sp³-hybridized carbons (Fsp3) is 0.412. The van der Waals surface area contributed by atoms with E-state index in [0.29, 0.717) is 6.04 Å². The number of rotatable bonds is 5. The van der Waals surface area contributed by atoms with Crippen LogP contribution < -0.4 is 0 Å². The summed E-state index contributed by atoms with van der Waals surface area (Å²) in [5.74, 6) is 0.879. The number of para-hydroxylation sites is 1. The Labute approximate surface area is 140 Å². The molecule has 1 fully saturated rings. The van der Waals surface area contributed by atoms with Crippen LogP contribution >= 0.6 is 0 Å². The van der Waals surface area contributed by atoms with Gasteiger partial charge in [-0.05, 0) is 54.4 Å². The van der Waals surface area contributed by atoms with Crippen molar-refractivity contribution in [3.63, 3.8) is 0 Å². The average molecular weight is 323 g/mol. The van der Waals surface area contributed by atoms with Crippen molar-refractivity contribution in [2.24, 2.45) is 0 Å². The van der Waals surface area contributed by atoms with E-state index in [1.54, 1.807) is 0 Å². The highest BCUT2D eigenvalue weighted by molar-refractivity contribution is 5.30. The van der Waals surface area contributed by atoms with Gasteiger partial charge in [-0.25, -0.2) is 0 Å². The Morgan fingerprint density at radius 1 is 1.21 bits per heavy atom. The first-order chi connectivity index (χ1) is 11.8. The average Bonchev–Trinajstić information content (AvgIpc) is 3.32. The van der Waals surface area contributed by atoms with Gasteiger partial charge in [0.05, 0.1) is 25.0 Å². The van der Waals surface area contributed by atoms with Crippen molar-refractivity contribution >= 4 is 0 Å². The van der Waals surface area contributed by atoms with Gasteiger partial charge in [-0.15, -0.1) is 5.10 Å². The van der Waals surface area contributed by atoms with Crippen molar-refractivity contribution < 1.29 is 0 Å². The van der Waals surface area contributed by atoms with E-state index >= 15 is 0 Å². The van der Waals surface area contributed by atoms with E-state index in [9.17, 15) is 0 Å². The topological polar surface area (TPSA) is 64.7 Å². The van der Waals surface area contributed by atoms with E-state index in [2.05, 4.69) is 38.6 Å². The molecule has 1 atom stereocenters. The SMILES string of the molecule is Cc1cnn(C[C@@H]2CCCN2Cc2nnnn2-c2ccccc2)c1. The van der Waals surface area contributed by atoms with Gasteiger partial charge in [0.15, 0.2) is 5.82 Å². The van der Waals surface area contributed by atoms with Crippen LogP contribution in [0.5, 0.6) is 0 Å². The molecule has 0 N–H and O–H groups in total. The number of aryl methyl sites for hydroxylation is 1. The maximum absolute atomic E-state index is 4.42. The van der Waals surface area contributed by atoms with E-state index in [1.807, 2.05) is 45.9 Å². The molecule has 1 aromatic carbocycles. The maximum Gasteiger partial charge on any atom is 0.170 e. The van der Waals surface area contributed by atoms with E-state index < -0.39 is 0 Å². The van der Waals surface area contributed by atoms with Crippen LogP contribution in [0.25, 0.3) is 5.69 Å². The highest BCUT2D eigenvalue weighted by Gasteiger charge is 2.27. The van der Waals surface area contributed by atoms with Crippen LogP contribution in [0.15, 0.2) is 42.7 Å². The van der Waals surface area contributed by atoms with Crippen LogP contribution in [0.3, 0.4) is 0 Å². The number of hydrogen-bond acceptors (Lipinski definition) is 5. The molecule has 1 aliphatic rings. The Morgan fingerprint density at radius 2 is 2.08 bits per heavy atom. The van der Waals surface area contributed by atoms with Gasteiger partial charge >= 0.3 is 0 Å². The summed E-state index contributed by atoms with van der Waals surface area (Å²) in [7, 11) is 0. The molecule has 0 unspecified atom stereocenters. The van der Waals surface area contributed by atoms with E-state index in [4.69, 9.17) is 0 Å². The molecule has 2 aromatic heterocycles. The first-order valence-corrected chi connectivity index (χ1v) is 8.35. The normalized spacial score (nSPS) is 18.3. The van der Waals surface area contributed by atoms with Crippen LogP contribution in [0.1, 0.15) is 24.2 Å². The molecular weight excluding hydrogens is 302 g/mol. The number of tetrazole rings is 1. The van der Waals surface area contributed by atoms with Gasteiger partial charge in [-0.2, -0.15) is 9.78 Å². The van der Waals surface area contributed by atoms with Gasteiger partial charge in [0.2, 0.25) is 0 Å².